The summed E-state index contributed by atoms with van der Waals surface area (Å²) in [7, 11) is 0. The second kappa shape index (κ2) is 9.97. The first-order valence-corrected chi connectivity index (χ1v) is 15.4. The lowest BCUT2D eigenvalue weighted by Crippen LogP contribution is -2.63. The molecule has 0 bridgehead atoms. The Kier molecular flexibility index (Phi) is 6.17. The van der Waals surface area contributed by atoms with Crippen LogP contribution in [0.25, 0.3) is 22.3 Å². The normalized spacial score (nSPS) is 28.4. The van der Waals surface area contributed by atoms with Gasteiger partial charge in [0.15, 0.2) is 5.65 Å². The molecule has 0 radical (unpaired) electrons. The van der Waals surface area contributed by atoms with Gasteiger partial charge in [0, 0.05) is 44.0 Å². The highest BCUT2D eigenvalue weighted by atomic mass is 19.1. The van der Waals surface area contributed by atoms with Gasteiger partial charge < -0.3 is 14.5 Å². The van der Waals surface area contributed by atoms with Crippen molar-refractivity contribution in [1.29, 1.82) is 0 Å². The molecule has 7 heterocycles. The van der Waals surface area contributed by atoms with Crippen molar-refractivity contribution in [3.8, 4) is 17.3 Å². The number of carbonyl (C=O) groups excluding carboxylic acids is 1. The predicted molar refractivity (Wildman–Crippen MR) is 157 cm³/mol. The number of fused-ring (bicyclic) bond motifs is 4. The summed E-state index contributed by atoms with van der Waals surface area (Å²) >= 11 is 0. The van der Waals surface area contributed by atoms with Crippen molar-refractivity contribution in [1.82, 2.24) is 29.7 Å². The average Bonchev–Trinajstić information content (AvgIpc) is 3.64. The maximum absolute atomic E-state index is 14.4. The maximum atomic E-state index is 14.4. The molecule has 3 aromatic heterocycles. The minimum absolute atomic E-state index is 0.0204. The number of pyridine rings is 2. The second-order valence-electron chi connectivity index (χ2n) is 12.6. The van der Waals surface area contributed by atoms with E-state index in [-0.39, 0.29) is 29.5 Å². The predicted octanol–water partition coefficient (Wildman–Crippen LogP) is 3.90. The van der Waals surface area contributed by atoms with E-state index in [0.717, 1.165) is 61.1 Å². The Morgan fingerprint density at radius 2 is 2.00 bits per heavy atom. The maximum Gasteiger partial charge on any atom is 0.320 e. The van der Waals surface area contributed by atoms with Gasteiger partial charge >= 0.3 is 6.01 Å². The Balaban J connectivity index is 1.17. The lowest BCUT2D eigenvalue weighted by atomic mass is 9.89. The monoisotopic (exact) mass is 569 g/mol. The molecule has 1 amide bonds. The number of nitrogens with zero attached hydrogens (tertiary/aromatic N) is 7. The second-order valence-corrected chi connectivity index (χ2v) is 12.6. The van der Waals surface area contributed by atoms with E-state index in [2.05, 4.69) is 33.5 Å². The number of ether oxygens (including phenoxy) is 1. The van der Waals surface area contributed by atoms with Gasteiger partial charge in [0.1, 0.15) is 18.6 Å². The summed E-state index contributed by atoms with van der Waals surface area (Å²) in [5.41, 5.74) is 4.85. The van der Waals surface area contributed by atoms with Crippen LogP contribution in [0.15, 0.2) is 37.2 Å². The van der Waals surface area contributed by atoms with E-state index in [4.69, 9.17) is 19.7 Å². The zero-order valence-electron chi connectivity index (χ0n) is 23.8. The van der Waals surface area contributed by atoms with E-state index in [9.17, 15) is 9.18 Å². The molecule has 5 aliphatic rings. The number of anilines is 1. The zero-order valence-corrected chi connectivity index (χ0v) is 23.8. The Labute approximate surface area is 244 Å². The van der Waals surface area contributed by atoms with Crippen LogP contribution in [0, 0.1) is 0 Å². The molecule has 1 aliphatic carbocycles. The van der Waals surface area contributed by atoms with Gasteiger partial charge in [-0.3, -0.25) is 14.7 Å². The molecule has 8 rings (SSSR count). The number of amides is 1. The van der Waals surface area contributed by atoms with E-state index in [0.29, 0.717) is 38.3 Å². The van der Waals surface area contributed by atoms with Crippen molar-refractivity contribution in [3.05, 3.63) is 48.3 Å². The van der Waals surface area contributed by atoms with Crippen LogP contribution in [0.2, 0.25) is 0 Å². The Hall–Kier alpha value is -3.66. The molecule has 4 atom stereocenters. The number of carbonyl (C=O) groups is 1. The lowest BCUT2D eigenvalue weighted by Gasteiger charge is -2.47. The largest absolute Gasteiger partial charge is 0.461 e. The molecule has 4 aliphatic heterocycles. The first-order chi connectivity index (χ1) is 20.5. The van der Waals surface area contributed by atoms with Crippen LogP contribution in [0.3, 0.4) is 0 Å². The number of aromatic nitrogens is 4. The number of hydrogen-bond acceptors (Lipinski definition) is 8. The van der Waals surface area contributed by atoms with Crippen molar-refractivity contribution in [2.75, 3.05) is 37.7 Å². The molecule has 9 nitrogen and oxygen atoms in total. The van der Waals surface area contributed by atoms with E-state index in [1.54, 1.807) is 0 Å². The van der Waals surface area contributed by atoms with Gasteiger partial charge in [-0.2, -0.15) is 9.97 Å². The summed E-state index contributed by atoms with van der Waals surface area (Å²) in [5, 5.41) is 0.862. The first-order valence-electron chi connectivity index (χ1n) is 15.4. The van der Waals surface area contributed by atoms with Crippen molar-refractivity contribution in [2.45, 2.75) is 75.2 Å². The van der Waals surface area contributed by atoms with Crippen LogP contribution in [0.4, 0.5) is 10.2 Å². The molecule has 10 heteroatoms. The summed E-state index contributed by atoms with van der Waals surface area (Å²) in [4.78, 5) is 38.2. The Bertz CT molecular complexity index is 1580. The molecule has 4 saturated heterocycles. The van der Waals surface area contributed by atoms with Gasteiger partial charge in [0.2, 0.25) is 5.91 Å². The lowest BCUT2D eigenvalue weighted by molar-refractivity contribution is -0.127. The van der Waals surface area contributed by atoms with Crippen LogP contribution >= 0.6 is 0 Å². The third-order valence-electron chi connectivity index (χ3n) is 10.3. The third-order valence-corrected chi connectivity index (χ3v) is 10.3. The summed E-state index contributed by atoms with van der Waals surface area (Å²) in [6, 6.07) is 4.71. The third kappa shape index (κ3) is 4.09. The molecular formula is C32H36FN7O2. The van der Waals surface area contributed by atoms with Gasteiger partial charge in [-0.25, -0.2) is 9.37 Å². The molecule has 0 N–H and O–H groups in total. The zero-order chi connectivity index (χ0) is 28.4. The van der Waals surface area contributed by atoms with Crippen molar-refractivity contribution >= 4 is 22.8 Å². The minimum Gasteiger partial charge on any atom is -0.461 e. The average molecular weight is 570 g/mol. The highest BCUT2D eigenvalue weighted by molar-refractivity contribution is 5.91. The fraction of sp³-hybridized carbons (Fsp3) is 0.531. The summed E-state index contributed by atoms with van der Waals surface area (Å²) in [6.07, 6.45) is 12.3. The van der Waals surface area contributed by atoms with Gasteiger partial charge in [0.05, 0.1) is 28.7 Å². The molecule has 0 aromatic carbocycles. The molecule has 0 spiro atoms. The SMILES string of the molecule is C=CC(=O)N1CC[C@@H]2[C@H]1CN2c1nc(OC[C@@]23CCCN2C[C@H](F)C3)nc2nc(-c3cncc4c3CCCC4)ccc12. The molecule has 4 fully saturated rings. The molecule has 3 aromatic rings. The first kappa shape index (κ1) is 26.0. The van der Waals surface area contributed by atoms with Crippen LogP contribution in [-0.4, -0.2) is 92.2 Å². The molecule has 218 valence electrons. The van der Waals surface area contributed by atoms with E-state index in [1.165, 1.54) is 30.0 Å². The van der Waals surface area contributed by atoms with Crippen LogP contribution in [0.1, 0.15) is 49.7 Å². The number of halogens is 1. The van der Waals surface area contributed by atoms with Crippen LogP contribution < -0.4 is 9.64 Å². The van der Waals surface area contributed by atoms with E-state index < -0.39 is 6.17 Å². The number of likely N-dealkylation sites (tertiary alicyclic amines) is 1. The Morgan fingerprint density at radius 1 is 1.10 bits per heavy atom. The number of aryl methyl sites for hydroxylation is 1. The quantitative estimate of drug-likeness (QED) is 0.414. The molecule has 42 heavy (non-hydrogen) atoms. The summed E-state index contributed by atoms with van der Waals surface area (Å²) in [6.45, 7) is 6.82. The van der Waals surface area contributed by atoms with Gasteiger partial charge in [-0.05, 0) is 80.8 Å². The number of hydrogen-bond donors (Lipinski definition) is 0. The Morgan fingerprint density at radius 3 is 2.90 bits per heavy atom. The van der Waals surface area contributed by atoms with Gasteiger partial charge in [-0.15, -0.1) is 0 Å². The van der Waals surface area contributed by atoms with E-state index in [1.807, 2.05) is 17.3 Å². The highest BCUT2D eigenvalue weighted by Gasteiger charge is 2.51. The topological polar surface area (TPSA) is 87.6 Å². The van der Waals surface area contributed by atoms with Gasteiger partial charge in [0.25, 0.3) is 0 Å². The number of rotatable bonds is 6. The van der Waals surface area contributed by atoms with Crippen LogP contribution in [0.5, 0.6) is 6.01 Å². The highest BCUT2D eigenvalue weighted by Crippen LogP contribution is 2.42. The number of alkyl halides is 1. The summed E-state index contributed by atoms with van der Waals surface area (Å²) in [5.74, 6) is 0.764. The molecule has 0 unspecified atom stereocenters. The molecule has 0 saturated carbocycles. The standard InChI is InChI=1S/C32H36FN7O2/c1-2-28(41)39-13-10-26-27(39)18-40(26)30-23-8-9-25(24-16-34-15-20-6-3-4-7-22(20)24)35-29(23)36-31(37-30)42-19-32-11-5-12-38(32)17-21(33)14-32/h2,8-9,15-16,21,26-27H,1,3-7,10-14,17-19H2/t21-,26-,27-,32+/m1/s1. The van der Waals surface area contributed by atoms with Crippen LogP contribution in [-0.2, 0) is 17.6 Å². The fourth-order valence-corrected chi connectivity index (χ4v) is 8.19. The minimum atomic E-state index is -0.821. The van der Waals surface area contributed by atoms with Crippen molar-refractivity contribution in [2.24, 2.45) is 0 Å². The smallest absolute Gasteiger partial charge is 0.320 e. The summed E-state index contributed by atoms with van der Waals surface area (Å²) < 4.78 is 20.8. The van der Waals surface area contributed by atoms with E-state index >= 15 is 0 Å². The van der Waals surface area contributed by atoms with Crippen molar-refractivity contribution in [3.63, 3.8) is 0 Å². The molecular weight excluding hydrogens is 533 g/mol. The van der Waals surface area contributed by atoms with Crippen molar-refractivity contribution < 1.29 is 13.9 Å². The fourth-order valence-electron chi connectivity index (χ4n) is 8.19. The van der Waals surface area contributed by atoms with Gasteiger partial charge in [-0.1, -0.05) is 6.58 Å².